The number of carbonyl (C=O) groups is 1. The first kappa shape index (κ1) is 20.1. The molecule has 2 heterocycles. The van der Waals surface area contributed by atoms with E-state index in [9.17, 15) is 4.79 Å². The number of benzene rings is 1. The summed E-state index contributed by atoms with van der Waals surface area (Å²) in [5, 5.41) is 5.92. The van der Waals surface area contributed by atoms with Crippen molar-refractivity contribution in [2.45, 2.75) is 13.0 Å². The second kappa shape index (κ2) is 9.50. The Kier molecular flexibility index (Phi) is 6.57. The van der Waals surface area contributed by atoms with Crippen molar-refractivity contribution in [2.75, 3.05) is 26.6 Å². The van der Waals surface area contributed by atoms with Gasteiger partial charge in [0.15, 0.2) is 5.82 Å². The number of amides is 1. The van der Waals surface area contributed by atoms with E-state index in [2.05, 4.69) is 25.6 Å². The van der Waals surface area contributed by atoms with Crippen LogP contribution in [-0.4, -0.2) is 42.1 Å². The van der Waals surface area contributed by atoms with Crippen molar-refractivity contribution in [3.8, 4) is 22.9 Å². The average Bonchev–Trinajstić information content (AvgIpc) is 2.78. The molecule has 0 atom stereocenters. The van der Waals surface area contributed by atoms with Gasteiger partial charge in [-0.05, 0) is 30.3 Å². The van der Waals surface area contributed by atoms with Gasteiger partial charge in [-0.3, -0.25) is 9.78 Å². The van der Waals surface area contributed by atoms with Crippen LogP contribution < -0.4 is 20.1 Å². The molecule has 0 saturated heterocycles. The SMILES string of the molecule is CNc1cc(CNC(=O)Cc2cc(OC)ccc2OC)nc(-c2ccncc2)n1. The lowest BCUT2D eigenvalue weighted by Crippen LogP contribution is -2.25. The fourth-order valence-corrected chi connectivity index (χ4v) is 2.79. The zero-order valence-corrected chi connectivity index (χ0v) is 16.6. The van der Waals surface area contributed by atoms with Crippen LogP contribution in [0.1, 0.15) is 11.3 Å². The molecule has 150 valence electrons. The maximum Gasteiger partial charge on any atom is 0.224 e. The summed E-state index contributed by atoms with van der Waals surface area (Å²) < 4.78 is 10.6. The Hall–Kier alpha value is -3.68. The van der Waals surface area contributed by atoms with Gasteiger partial charge in [0.2, 0.25) is 5.91 Å². The molecule has 0 radical (unpaired) electrons. The first-order valence-electron chi connectivity index (χ1n) is 9.06. The first-order chi connectivity index (χ1) is 14.1. The van der Waals surface area contributed by atoms with Crippen LogP contribution in [0.25, 0.3) is 11.4 Å². The van der Waals surface area contributed by atoms with E-state index in [1.54, 1.807) is 57.9 Å². The lowest BCUT2D eigenvalue weighted by molar-refractivity contribution is -0.120. The van der Waals surface area contributed by atoms with Crippen molar-refractivity contribution in [1.82, 2.24) is 20.3 Å². The van der Waals surface area contributed by atoms with Gasteiger partial charge in [0.1, 0.15) is 17.3 Å². The van der Waals surface area contributed by atoms with Crippen molar-refractivity contribution in [3.63, 3.8) is 0 Å². The molecular formula is C21H23N5O3. The number of aromatic nitrogens is 3. The van der Waals surface area contributed by atoms with Crippen LogP contribution in [0.4, 0.5) is 5.82 Å². The zero-order chi connectivity index (χ0) is 20.6. The topological polar surface area (TPSA) is 98.3 Å². The predicted octanol–water partition coefficient (Wildman–Crippen LogP) is 2.46. The Morgan fingerprint density at radius 2 is 1.83 bits per heavy atom. The van der Waals surface area contributed by atoms with Crippen molar-refractivity contribution >= 4 is 11.7 Å². The molecule has 3 aromatic rings. The van der Waals surface area contributed by atoms with Crippen LogP contribution in [0.15, 0.2) is 48.8 Å². The van der Waals surface area contributed by atoms with E-state index in [0.717, 1.165) is 11.1 Å². The molecule has 1 aromatic carbocycles. The molecule has 0 spiro atoms. The summed E-state index contributed by atoms with van der Waals surface area (Å²) in [6.07, 6.45) is 3.54. The van der Waals surface area contributed by atoms with Crippen molar-refractivity contribution in [2.24, 2.45) is 0 Å². The average molecular weight is 393 g/mol. The molecule has 0 aliphatic heterocycles. The molecule has 0 bridgehead atoms. The lowest BCUT2D eigenvalue weighted by atomic mass is 10.1. The molecule has 0 aliphatic rings. The van der Waals surface area contributed by atoms with E-state index in [0.29, 0.717) is 28.8 Å². The summed E-state index contributed by atoms with van der Waals surface area (Å²) >= 11 is 0. The van der Waals surface area contributed by atoms with E-state index >= 15 is 0 Å². The zero-order valence-electron chi connectivity index (χ0n) is 16.6. The summed E-state index contributed by atoms with van der Waals surface area (Å²) in [6, 6.07) is 10.9. The van der Waals surface area contributed by atoms with Gasteiger partial charge in [-0.25, -0.2) is 9.97 Å². The van der Waals surface area contributed by atoms with Gasteiger partial charge in [0.25, 0.3) is 0 Å². The quantitative estimate of drug-likeness (QED) is 0.607. The van der Waals surface area contributed by atoms with E-state index in [-0.39, 0.29) is 18.9 Å². The predicted molar refractivity (Wildman–Crippen MR) is 110 cm³/mol. The first-order valence-corrected chi connectivity index (χ1v) is 9.06. The third-order valence-corrected chi connectivity index (χ3v) is 4.28. The molecule has 8 heteroatoms. The fraction of sp³-hybridized carbons (Fsp3) is 0.238. The molecule has 0 aliphatic carbocycles. The third kappa shape index (κ3) is 5.19. The fourth-order valence-electron chi connectivity index (χ4n) is 2.79. The van der Waals surface area contributed by atoms with E-state index in [1.807, 2.05) is 12.1 Å². The van der Waals surface area contributed by atoms with Gasteiger partial charge in [-0.1, -0.05) is 0 Å². The molecule has 8 nitrogen and oxygen atoms in total. The molecule has 1 amide bonds. The van der Waals surface area contributed by atoms with Gasteiger partial charge in [-0.2, -0.15) is 0 Å². The number of rotatable bonds is 8. The van der Waals surface area contributed by atoms with E-state index in [1.165, 1.54) is 0 Å². The highest BCUT2D eigenvalue weighted by molar-refractivity contribution is 5.79. The van der Waals surface area contributed by atoms with Crippen molar-refractivity contribution < 1.29 is 14.3 Å². The van der Waals surface area contributed by atoms with Crippen molar-refractivity contribution in [3.05, 3.63) is 60.0 Å². The van der Waals surface area contributed by atoms with Gasteiger partial charge >= 0.3 is 0 Å². The molecule has 0 saturated carbocycles. The minimum absolute atomic E-state index is 0.147. The number of anilines is 1. The lowest BCUT2D eigenvalue weighted by Gasteiger charge is -2.11. The summed E-state index contributed by atoms with van der Waals surface area (Å²) in [6.45, 7) is 0.278. The highest BCUT2D eigenvalue weighted by atomic mass is 16.5. The van der Waals surface area contributed by atoms with Crippen LogP contribution >= 0.6 is 0 Å². The molecule has 2 aromatic heterocycles. The summed E-state index contributed by atoms with van der Waals surface area (Å²) in [4.78, 5) is 25.5. The smallest absolute Gasteiger partial charge is 0.224 e. The maximum atomic E-state index is 12.5. The van der Waals surface area contributed by atoms with Crippen LogP contribution in [-0.2, 0) is 17.8 Å². The van der Waals surface area contributed by atoms with Crippen LogP contribution in [0.3, 0.4) is 0 Å². The number of ether oxygens (including phenoxy) is 2. The maximum absolute atomic E-state index is 12.5. The number of methoxy groups -OCH3 is 2. The minimum atomic E-state index is -0.147. The Morgan fingerprint density at radius 3 is 2.52 bits per heavy atom. The number of carbonyl (C=O) groups excluding carboxylic acids is 1. The minimum Gasteiger partial charge on any atom is -0.497 e. The highest BCUT2D eigenvalue weighted by Crippen LogP contribution is 2.24. The number of hydrogen-bond acceptors (Lipinski definition) is 7. The van der Waals surface area contributed by atoms with Gasteiger partial charge in [-0.15, -0.1) is 0 Å². The summed E-state index contributed by atoms with van der Waals surface area (Å²) in [5.74, 6) is 2.40. The summed E-state index contributed by atoms with van der Waals surface area (Å²) in [7, 11) is 4.95. The monoisotopic (exact) mass is 393 g/mol. The molecule has 0 fully saturated rings. The molecular weight excluding hydrogens is 370 g/mol. The number of hydrogen-bond donors (Lipinski definition) is 2. The number of nitrogens with zero attached hydrogens (tertiary/aromatic N) is 3. The van der Waals surface area contributed by atoms with Gasteiger partial charge < -0.3 is 20.1 Å². The Labute approximate surface area is 169 Å². The number of nitrogens with one attached hydrogen (secondary N) is 2. The summed E-state index contributed by atoms with van der Waals surface area (Å²) in [5.41, 5.74) is 2.30. The second-order valence-electron chi connectivity index (χ2n) is 6.19. The normalized spacial score (nSPS) is 10.3. The Morgan fingerprint density at radius 1 is 1.03 bits per heavy atom. The van der Waals surface area contributed by atoms with Gasteiger partial charge in [0, 0.05) is 36.6 Å². The standard InChI is InChI=1S/C21H23N5O3/c1-22-19-12-16(25-21(26-19)14-6-8-23-9-7-14)13-24-20(27)11-15-10-17(28-2)4-5-18(15)29-3/h4-10,12H,11,13H2,1-3H3,(H,24,27)(H,22,25,26). The Balaban J connectivity index is 1.72. The van der Waals surface area contributed by atoms with Crippen molar-refractivity contribution in [1.29, 1.82) is 0 Å². The molecule has 0 unspecified atom stereocenters. The van der Waals surface area contributed by atoms with E-state index < -0.39 is 0 Å². The van der Waals surface area contributed by atoms with Crippen LogP contribution in [0, 0.1) is 0 Å². The number of pyridine rings is 1. The van der Waals surface area contributed by atoms with Crippen LogP contribution in [0.5, 0.6) is 11.5 Å². The third-order valence-electron chi connectivity index (χ3n) is 4.28. The largest absolute Gasteiger partial charge is 0.497 e. The van der Waals surface area contributed by atoms with Crippen LogP contribution in [0.2, 0.25) is 0 Å². The van der Waals surface area contributed by atoms with Gasteiger partial charge in [0.05, 0.1) is 32.9 Å². The molecule has 3 rings (SSSR count). The molecule has 2 N–H and O–H groups in total. The second-order valence-corrected chi connectivity index (χ2v) is 6.19. The molecule has 29 heavy (non-hydrogen) atoms. The highest BCUT2D eigenvalue weighted by Gasteiger charge is 2.12. The van der Waals surface area contributed by atoms with E-state index in [4.69, 9.17) is 9.47 Å². The Bertz CT molecular complexity index is 979.